The summed E-state index contributed by atoms with van der Waals surface area (Å²) in [5, 5.41) is 2.28. The van der Waals surface area contributed by atoms with Gasteiger partial charge >= 0.3 is 6.03 Å². The zero-order valence-corrected chi connectivity index (χ0v) is 19.4. The van der Waals surface area contributed by atoms with Crippen LogP contribution in [0.25, 0.3) is 11.1 Å². The summed E-state index contributed by atoms with van der Waals surface area (Å²) in [6.45, 7) is 3.51. The first-order chi connectivity index (χ1) is 15.8. The monoisotopic (exact) mass is 470 g/mol. The number of nitrogens with one attached hydrogen (secondary N) is 2. The third kappa shape index (κ3) is 5.00. The largest absolute Gasteiger partial charge is 0.484 e. The van der Waals surface area contributed by atoms with E-state index >= 15 is 0 Å². The molecule has 0 unspecified atom stereocenters. The van der Waals surface area contributed by atoms with Crippen molar-refractivity contribution in [1.29, 1.82) is 0 Å². The Morgan fingerprint density at radius 2 is 2.00 bits per heavy atom. The number of aliphatic imine (C=N–C) groups is 1. The van der Waals surface area contributed by atoms with Crippen molar-refractivity contribution >= 4 is 27.6 Å². The number of carbonyl (C=O) groups is 1. The molecule has 1 fully saturated rings. The van der Waals surface area contributed by atoms with E-state index in [1.54, 1.807) is 18.3 Å². The lowest BCUT2D eigenvalue weighted by Gasteiger charge is -2.17. The Kier molecular flexibility index (Phi) is 6.37. The molecule has 2 N–H and O–H groups in total. The Labute approximate surface area is 193 Å². The summed E-state index contributed by atoms with van der Waals surface area (Å²) in [6.07, 6.45) is 6.02. The number of rotatable bonds is 7. The van der Waals surface area contributed by atoms with E-state index in [0.717, 1.165) is 54.4 Å². The number of aromatic nitrogens is 1. The van der Waals surface area contributed by atoms with Gasteiger partial charge in [-0.25, -0.2) is 19.5 Å². The normalized spacial score (nSPS) is 15.5. The number of pyridine rings is 1. The summed E-state index contributed by atoms with van der Waals surface area (Å²) in [5.74, 6) is 0.841. The minimum atomic E-state index is -4.25. The van der Waals surface area contributed by atoms with Crippen molar-refractivity contribution < 1.29 is 22.7 Å². The Hall–Kier alpha value is -3.40. The summed E-state index contributed by atoms with van der Waals surface area (Å²) in [7, 11) is -1.29. The van der Waals surface area contributed by atoms with Gasteiger partial charge in [0, 0.05) is 23.7 Å². The first-order valence-corrected chi connectivity index (χ1v) is 12.1. The molecule has 0 bridgehead atoms. The Morgan fingerprint density at radius 3 is 2.70 bits per heavy atom. The molecule has 1 heterocycles. The number of sulfonamides is 1. The van der Waals surface area contributed by atoms with Gasteiger partial charge in [-0.1, -0.05) is 18.7 Å². The molecule has 2 amide bonds. The first kappa shape index (κ1) is 22.8. The van der Waals surface area contributed by atoms with E-state index in [1.165, 1.54) is 14.2 Å². The van der Waals surface area contributed by atoms with Crippen LogP contribution in [0.2, 0.25) is 0 Å². The fourth-order valence-corrected chi connectivity index (χ4v) is 4.50. The van der Waals surface area contributed by atoms with Crippen molar-refractivity contribution in [3.8, 4) is 17.0 Å². The van der Waals surface area contributed by atoms with Crippen LogP contribution in [0.1, 0.15) is 30.4 Å². The van der Waals surface area contributed by atoms with E-state index in [1.807, 2.05) is 16.9 Å². The van der Waals surface area contributed by atoms with E-state index in [-0.39, 0.29) is 5.92 Å². The van der Waals surface area contributed by atoms with E-state index in [9.17, 15) is 13.2 Å². The number of benzene rings is 1. The molecule has 2 aliphatic carbocycles. The van der Waals surface area contributed by atoms with E-state index in [2.05, 4.69) is 21.9 Å². The lowest BCUT2D eigenvalue weighted by atomic mass is 9.98. The minimum Gasteiger partial charge on any atom is -0.484 e. The Balaban J connectivity index is 1.60. The van der Waals surface area contributed by atoms with Gasteiger partial charge < -0.3 is 14.8 Å². The molecule has 4 rings (SSSR count). The van der Waals surface area contributed by atoms with E-state index in [0.29, 0.717) is 17.5 Å². The highest BCUT2D eigenvalue weighted by Crippen LogP contribution is 2.38. The lowest BCUT2D eigenvalue weighted by Crippen LogP contribution is -2.35. The van der Waals surface area contributed by atoms with Crippen LogP contribution in [0.3, 0.4) is 0 Å². The fraction of sp³-hybridized carbons (Fsp3) is 0.348. The maximum absolute atomic E-state index is 12.8. The van der Waals surface area contributed by atoms with Gasteiger partial charge in [-0.15, -0.1) is 0 Å². The highest BCUT2D eigenvalue weighted by molar-refractivity contribution is 7.93. The molecule has 0 atom stereocenters. The maximum atomic E-state index is 12.8. The lowest BCUT2D eigenvalue weighted by molar-refractivity contribution is 0.256. The van der Waals surface area contributed by atoms with Crippen molar-refractivity contribution in [2.75, 3.05) is 19.5 Å². The topological polar surface area (TPSA) is 119 Å². The smallest absolute Gasteiger partial charge is 0.333 e. The van der Waals surface area contributed by atoms with Crippen molar-refractivity contribution in [2.24, 2.45) is 10.9 Å². The highest BCUT2D eigenvalue weighted by Gasteiger charge is 2.30. The van der Waals surface area contributed by atoms with E-state index < -0.39 is 21.1 Å². The van der Waals surface area contributed by atoms with Crippen molar-refractivity contribution in [1.82, 2.24) is 9.71 Å². The second kappa shape index (κ2) is 9.22. The number of aryl methyl sites for hydroxylation is 1. The van der Waals surface area contributed by atoms with Crippen molar-refractivity contribution in [3.05, 3.63) is 53.2 Å². The van der Waals surface area contributed by atoms with Gasteiger partial charge in [0.15, 0.2) is 10.9 Å². The van der Waals surface area contributed by atoms with Gasteiger partial charge in [0.25, 0.3) is 10.0 Å². The summed E-state index contributed by atoms with van der Waals surface area (Å²) in [5.41, 5.74) is 4.22. The third-order valence-electron chi connectivity index (χ3n) is 5.68. The van der Waals surface area contributed by atoms with Gasteiger partial charge in [0.2, 0.25) is 5.88 Å². The zero-order chi connectivity index (χ0) is 23.6. The van der Waals surface area contributed by atoms with Crippen LogP contribution < -0.4 is 14.8 Å². The molecule has 0 saturated heterocycles. The SMILES string of the molecule is C=C(/N=C(\OC)C1CC1)S(=O)(=O)NC(=O)Nc1c(-c2ccnc(OC)c2)ccc2c1CCC2. The average Bonchev–Trinajstić information content (AvgIpc) is 3.53. The van der Waals surface area contributed by atoms with Crippen LogP contribution in [0.5, 0.6) is 5.88 Å². The molecule has 10 heteroatoms. The molecule has 1 saturated carbocycles. The molecule has 174 valence electrons. The van der Waals surface area contributed by atoms with Gasteiger partial charge in [0.05, 0.1) is 19.9 Å². The number of urea groups is 1. The molecule has 1 aromatic heterocycles. The first-order valence-electron chi connectivity index (χ1n) is 10.6. The molecule has 0 spiro atoms. The van der Waals surface area contributed by atoms with Crippen molar-refractivity contribution in [2.45, 2.75) is 32.1 Å². The number of amides is 2. The molecule has 1 aromatic carbocycles. The summed E-state index contributed by atoms with van der Waals surface area (Å²) in [6, 6.07) is 6.62. The van der Waals surface area contributed by atoms with Crippen LogP contribution in [-0.2, 0) is 27.6 Å². The number of methoxy groups -OCH3 is 2. The fourth-order valence-electron chi connectivity index (χ4n) is 3.88. The van der Waals surface area contributed by atoms with Gasteiger partial charge in [-0.3, -0.25) is 0 Å². The summed E-state index contributed by atoms with van der Waals surface area (Å²) < 4.78 is 37.7. The number of nitrogens with zero attached hydrogens (tertiary/aromatic N) is 2. The molecule has 0 aliphatic heterocycles. The second-order valence-corrected chi connectivity index (χ2v) is 9.63. The Morgan fingerprint density at radius 1 is 1.21 bits per heavy atom. The van der Waals surface area contributed by atoms with Gasteiger partial charge in [-0.2, -0.15) is 8.42 Å². The molecule has 33 heavy (non-hydrogen) atoms. The molecular weight excluding hydrogens is 444 g/mol. The second-order valence-electron chi connectivity index (χ2n) is 7.95. The molecular formula is C23H26N4O5S. The third-order valence-corrected chi connectivity index (χ3v) is 6.85. The summed E-state index contributed by atoms with van der Waals surface area (Å²) in [4.78, 5) is 20.9. The highest BCUT2D eigenvalue weighted by atomic mass is 32.2. The predicted octanol–water partition coefficient (Wildman–Crippen LogP) is 3.62. The Bertz CT molecular complexity index is 1240. The van der Waals surface area contributed by atoms with Crippen LogP contribution in [0.4, 0.5) is 10.5 Å². The van der Waals surface area contributed by atoms with Gasteiger partial charge in [-0.05, 0) is 54.9 Å². The maximum Gasteiger partial charge on any atom is 0.333 e. The van der Waals surface area contributed by atoms with Crippen LogP contribution >= 0.6 is 0 Å². The van der Waals surface area contributed by atoms with E-state index in [4.69, 9.17) is 9.47 Å². The number of anilines is 1. The molecule has 0 radical (unpaired) electrons. The number of hydrogen-bond donors (Lipinski definition) is 2. The number of hydrogen-bond acceptors (Lipinski definition) is 7. The standard InChI is InChI=1S/C23H26N4O5S/c1-14(25-22(32-3)16-7-8-16)33(29,30)27-23(28)26-21-18-6-4-5-15(18)9-10-19(21)17-11-12-24-20(13-17)31-2/h9-13,16H,1,4-8H2,2-3H3,(H2,26,27,28)/b25-22-. The number of ether oxygens (including phenoxy) is 2. The molecule has 2 aliphatic rings. The molecule has 2 aromatic rings. The van der Waals surface area contributed by atoms with Crippen LogP contribution in [0.15, 0.2) is 47.1 Å². The van der Waals surface area contributed by atoms with Crippen LogP contribution in [0, 0.1) is 5.92 Å². The summed E-state index contributed by atoms with van der Waals surface area (Å²) >= 11 is 0. The van der Waals surface area contributed by atoms with Crippen LogP contribution in [-0.4, -0.2) is 39.6 Å². The average molecular weight is 471 g/mol. The minimum absolute atomic E-state index is 0.0996. The van der Waals surface area contributed by atoms with Crippen molar-refractivity contribution in [3.63, 3.8) is 0 Å². The predicted molar refractivity (Wildman–Crippen MR) is 126 cm³/mol. The number of carbonyl (C=O) groups excluding carboxylic acids is 1. The quantitative estimate of drug-likeness (QED) is 0.471. The van der Waals surface area contributed by atoms with Gasteiger partial charge in [0.1, 0.15) is 0 Å². The molecule has 9 nitrogen and oxygen atoms in total. The zero-order valence-electron chi connectivity index (χ0n) is 18.6. The number of fused-ring (bicyclic) bond motifs is 1.